The maximum Gasteiger partial charge on any atom is 0.227 e. The number of hydrogen-bond acceptors (Lipinski definition) is 2. The van der Waals surface area contributed by atoms with Crippen molar-refractivity contribution in [3.05, 3.63) is 35.4 Å². The molecular weight excluding hydrogens is 238 g/mol. The van der Waals surface area contributed by atoms with Gasteiger partial charge in [0.25, 0.3) is 0 Å². The van der Waals surface area contributed by atoms with Gasteiger partial charge < -0.3 is 10.4 Å². The van der Waals surface area contributed by atoms with E-state index in [2.05, 4.69) is 17.4 Å². The van der Waals surface area contributed by atoms with Crippen LogP contribution >= 0.6 is 0 Å². The molecule has 1 amide bonds. The van der Waals surface area contributed by atoms with Gasteiger partial charge in [0.15, 0.2) is 0 Å². The zero-order valence-electron chi connectivity index (χ0n) is 11.7. The minimum Gasteiger partial charge on any atom is -0.394 e. The Morgan fingerprint density at radius 1 is 1.42 bits per heavy atom. The van der Waals surface area contributed by atoms with Gasteiger partial charge in [0.05, 0.1) is 18.6 Å². The second-order valence-corrected chi connectivity index (χ2v) is 5.69. The number of hydrogen-bond donors (Lipinski definition) is 2. The van der Waals surface area contributed by atoms with Crippen LogP contribution in [0.25, 0.3) is 0 Å². The molecule has 0 aliphatic heterocycles. The monoisotopic (exact) mass is 261 g/mol. The Balaban J connectivity index is 2.12. The molecule has 104 valence electrons. The van der Waals surface area contributed by atoms with Crippen LogP contribution in [0.2, 0.25) is 0 Å². The van der Waals surface area contributed by atoms with Gasteiger partial charge in [0.2, 0.25) is 5.91 Å². The number of carbonyl (C=O) groups excluding carboxylic acids is 1. The summed E-state index contributed by atoms with van der Waals surface area (Å²) in [7, 11) is 0. The molecule has 3 nitrogen and oxygen atoms in total. The van der Waals surface area contributed by atoms with Gasteiger partial charge in [-0.25, -0.2) is 0 Å². The number of carbonyl (C=O) groups is 1. The van der Waals surface area contributed by atoms with Crippen molar-refractivity contribution in [2.75, 3.05) is 6.61 Å². The molecule has 0 fully saturated rings. The van der Waals surface area contributed by atoms with Crippen LogP contribution < -0.4 is 5.32 Å². The highest BCUT2D eigenvalue weighted by Gasteiger charge is 2.28. The first kappa shape index (κ1) is 14.1. The van der Waals surface area contributed by atoms with Crippen LogP contribution in [0.5, 0.6) is 0 Å². The smallest absolute Gasteiger partial charge is 0.227 e. The summed E-state index contributed by atoms with van der Waals surface area (Å²) < 4.78 is 0. The highest BCUT2D eigenvalue weighted by molar-refractivity contribution is 5.84. The molecule has 1 aromatic carbocycles. The quantitative estimate of drug-likeness (QED) is 0.873. The summed E-state index contributed by atoms with van der Waals surface area (Å²) >= 11 is 0. The predicted octanol–water partition coefficient (Wildman–Crippen LogP) is 2.24. The molecule has 0 radical (unpaired) electrons. The number of aliphatic hydroxyl groups excluding tert-OH is 1. The van der Waals surface area contributed by atoms with Gasteiger partial charge in [-0.2, -0.15) is 0 Å². The Hall–Kier alpha value is -1.35. The molecule has 0 aromatic heterocycles. The van der Waals surface area contributed by atoms with Gasteiger partial charge in [-0.05, 0) is 36.3 Å². The molecule has 19 heavy (non-hydrogen) atoms. The van der Waals surface area contributed by atoms with Crippen molar-refractivity contribution in [3.63, 3.8) is 0 Å². The molecule has 0 bridgehead atoms. The lowest BCUT2D eigenvalue weighted by molar-refractivity contribution is -0.124. The lowest BCUT2D eigenvalue weighted by atomic mass is 9.82. The fraction of sp³-hybridized carbons (Fsp3) is 0.562. The van der Waals surface area contributed by atoms with Crippen molar-refractivity contribution in [1.82, 2.24) is 5.32 Å². The first-order valence-corrected chi connectivity index (χ1v) is 7.12. The number of amides is 1. The number of aryl methyl sites for hydroxylation is 1. The fourth-order valence-electron chi connectivity index (χ4n) is 2.73. The van der Waals surface area contributed by atoms with E-state index in [0.29, 0.717) is 0 Å². The van der Waals surface area contributed by atoms with Crippen LogP contribution in [-0.2, 0) is 11.2 Å². The third-order valence-electron chi connectivity index (χ3n) is 4.02. The van der Waals surface area contributed by atoms with E-state index in [9.17, 15) is 9.90 Å². The van der Waals surface area contributed by atoms with Crippen LogP contribution in [0.15, 0.2) is 24.3 Å². The molecule has 1 unspecified atom stereocenters. The summed E-state index contributed by atoms with van der Waals surface area (Å²) in [6, 6.07) is 8.05. The Kier molecular flexibility index (Phi) is 4.59. The molecule has 0 spiro atoms. The Bertz CT molecular complexity index is 442. The highest BCUT2D eigenvalue weighted by Crippen LogP contribution is 2.31. The van der Waals surface area contributed by atoms with E-state index in [0.717, 1.165) is 24.8 Å². The van der Waals surface area contributed by atoms with Gasteiger partial charge in [0.1, 0.15) is 0 Å². The molecule has 1 aliphatic carbocycles. The molecule has 0 heterocycles. The van der Waals surface area contributed by atoms with Crippen molar-refractivity contribution in [2.24, 2.45) is 5.92 Å². The van der Waals surface area contributed by atoms with Gasteiger partial charge in [-0.15, -0.1) is 0 Å². The predicted molar refractivity (Wildman–Crippen MR) is 76.0 cm³/mol. The standard InChI is InChI=1S/C16H23NO2/c1-11(2)15(10-18)17-16(19)14-9-5-7-12-6-3-4-8-13(12)14/h3-4,6,8,11,14-15,18H,5,7,9-10H2,1-2H3,(H,17,19)/t14?,15-/m1/s1. The largest absolute Gasteiger partial charge is 0.394 e. The summed E-state index contributed by atoms with van der Waals surface area (Å²) in [6.45, 7) is 4.02. The van der Waals surface area contributed by atoms with Crippen LogP contribution in [0.3, 0.4) is 0 Å². The lowest BCUT2D eigenvalue weighted by Crippen LogP contribution is -2.43. The van der Waals surface area contributed by atoms with Gasteiger partial charge in [-0.3, -0.25) is 4.79 Å². The van der Waals surface area contributed by atoms with Gasteiger partial charge in [-0.1, -0.05) is 38.1 Å². The van der Waals surface area contributed by atoms with Gasteiger partial charge in [0, 0.05) is 0 Å². The first-order chi connectivity index (χ1) is 9.13. The van der Waals surface area contributed by atoms with Crippen LogP contribution in [-0.4, -0.2) is 23.7 Å². The zero-order chi connectivity index (χ0) is 13.8. The number of nitrogens with one attached hydrogen (secondary N) is 1. The van der Waals surface area contributed by atoms with E-state index < -0.39 is 0 Å². The fourth-order valence-corrected chi connectivity index (χ4v) is 2.73. The van der Waals surface area contributed by atoms with E-state index in [4.69, 9.17) is 0 Å². The molecule has 2 N–H and O–H groups in total. The molecule has 1 aliphatic rings. The molecular formula is C16H23NO2. The van der Waals surface area contributed by atoms with Crippen LogP contribution in [0, 0.1) is 5.92 Å². The third kappa shape index (κ3) is 3.16. The van der Waals surface area contributed by atoms with E-state index >= 15 is 0 Å². The second kappa shape index (κ2) is 6.20. The number of aliphatic hydroxyl groups is 1. The summed E-state index contributed by atoms with van der Waals surface area (Å²) in [5.41, 5.74) is 2.45. The van der Waals surface area contributed by atoms with Crippen LogP contribution in [0.1, 0.15) is 43.7 Å². The van der Waals surface area contributed by atoms with E-state index in [1.165, 1.54) is 5.56 Å². The van der Waals surface area contributed by atoms with E-state index in [-0.39, 0.29) is 30.4 Å². The summed E-state index contributed by atoms with van der Waals surface area (Å²) in [6.07, 6.45) is 3.02. The topological polar surface area (TPSA) is 49.3 Å². The second-order valence-electron chi connectivity index (χ2n) is 5.69. The van der Waals surface area contributed by atoms with E-state index in [1.54, 1.807) is 0 Å². The van der Waals surface area contributed by atoms with Crippen molar-refractivity contribution in [3.8, 4) is 0 Å². The van der Waals surface area contributed by atoms with Crippen LogP contribution in [0.4, 0.5) is 0 Å². The summed E-state index contributed by atoms with van der Waals surface area (Å²) in [5.74, 6) is 0.241. The van der Waals surface area contributed by atoms with Crippen molar-refractivity contribution >= 4 is 5.91 Å². The number of rotatable bonds is 4. The molecule has 0 saturated carbocycles. The Labute approximate surface area is 115 Å². The summed E-state index contributed by atoms with van der Waals surface area (Å²) in [5, 5.41) is 12.3. The lowest BCUT2D eigenvalue weighted by Gasteiger charge is -2.28. The van der Waals surface area contributed by atoms with Crippen molar-refractivity contribution < 1.29 is 9.90 Å². The number of fused-ring (bicyclic) bond motifs is 1. The average molecular weight is 261 g/mol. The molecule has 3 heteroatoms. The zero-order valence-corrected chi connectivity index (χ0v) is 11.7. The van der Waals surface area contributed by atoms with E-state index in [1.807, 2.05) is 26.0 Å². The first-order valence-electron chi connectivity index (χ1n) is 7.12. The summed E-state index contributed by atoms with van der Waals surface area (Å²) in [4.78, 5) is 12.4. The third-order valence-corrected chi connectivity index (χ3v) is 4.02. The Morgan fingerprint density at radius 2 is 2.16 bits per heavy atom. The van der Waals surface area contributed by atoms with Crippen molar-refractivity contribution in [1.29, 1.82) is 0 Å². The molecule has 2 atom stereocenters. The SMILES string of the molecule is CC(C)[C@@H](CO)NC(=O)C1CCCc2ccccc21. The normalized spacial score (nSPS) is 19.9. The molecule has 2 rings (SSSR count). The minimum absolute atomic E-state index is 0.00221. The maximum atomic E-state index is 12.4. The number of benzene rings is 1. The molecule has 0 saturated heterocycles. The average Bonchev–Trinajstić information content (AvgIpc) is 2.43. The maximum absolute atomic E-state index is 12.4. The Morgan fingerprint density at radius 3 is 2.84 bits per heavy atom. The van der Waals surface area contributed by atoms with Gasteiger partial charge >= 0.3 is 0 Å². The molecule has 1 aromatic rings. The van der Waals surface area contributed by atoms with Crippen molar-refractivity contribution in [2.45, 2.75) is 45.1 Å². The minimum atomic E-state index is -0.151. The highest BCUT2D eigenvalue weighted by atomic mass is 16.3.